The second-order valence-corrected chi connectivity index (χ2v) is 3.30. The number of benzene rings is 1. The third-order valence-corrected chi connectivity index (χ3v) is 2.69. The lowest BCUT2D eigenvalue weighted by Gasteiger charge is -2.02. The fourth-order valence-corrected chi connectivity index (χ4v) is 1.92. The molecule has 10 heavy (non-hydrogen) atoms. The Hall–Kier alpha value is -0.350. The van der Waals surface area contributed by atoms with Crippen molar-refractivity contribution in [3.8, 4) is 0 Å². The molecule has 0 N–H and O–H groups in total. The molecule has 0 aromatic heterocycles. The van der Waals surface area contributed by atoms with Crippen LogP contribution in [0.2, 0.25) is 0 Å². The molecule has 1 atom stereocenters. The van der Waals surface area contributed by atoms with Gasteiger partial charge in [0.15, 0.2) is 0 Å². The van der Waals surface area contributed by atoms with E-state index in [9.17, 15) is 0 Å². The van der Waals surface area contributed by atoms with Crippen LogP contribution in [0.5, 0.6) is 0 Å². The number of hydrogen-bond acceptors (Lipinski definition) is 0. The topological polar surface area (TPSA) is 0 Å². The summed E-state index contributed by atoms with van der Waals surface area (Å²) in [5, 5.41) is 1.52. The highest BCUT2D eigenvalue weighted by atomic mass is 31.1. The number of aryl methyl sites for hydroxylation is 1. The fourth-order valence-electron chi connectivity index (χ4n) is 1.07. The Kier molecular flexibility index (Phi) is 2.89. The molecule has 0 radical (unpaired) electrons. The number of rotatable bonds is 2. The maximum atomic E-state index is 2.23. The van der Waals surface area contributed by atoms with Gasteiger partial charge in [-0.15, -0.1) is 0 Å². The first-order valence-electron chi connectivity index (χ1n) is 3.64. The Morgan fingerprint density at radius 2 is 2.00 bits per heavy atom. The first-order chi connectivity index (χ1) is 4.88. The molecule has 0 aliphatic heterocycles. The second-order valence-electron chi connectivity index (χ2n) is 2.26. The minimum atomic E-state index is 0.936. The van der Waals surface area contributed by atoms with Crippen molar-refractivity contribution in [2.24, 2.45) is 0 Å². The van der Waals surface area contributed by atoms with Crippen molar-refractivity contribution >= 4 is 13.9 Å². The molecule has 0 amide bonds. The highest BCUT2D eigenvalue weighted by molar-refractivity contribution is 7.46. The van der Waals surface area contributed by atoms with Gasteiger partial charge in [-0.3, -0.25) is 0 Å². The third kappa shape index (κ3) is 1.58. The Morgan fingerprint density at radius 3 is 2.50 bits per heavy atom. The van der Waals surface area contributed by atoms with Crippen LogP contribution in [-0.2, 0) is 6.42 Å². The predicted octanol–water partition coefficient (Wildman–Crippen LogP) is 2.18. The van der Waals surface area contributed by atoms with Crippen molar-refractivity contribution in [1.82, 2.24) is 0 Å². The zero-order valence-electron chi connectivity index (χ0n) is 6.52. The van der Waals surface area contributed by atoms with Gasteiger partial charge in [0.1, 0.15) is 0 Å². The standard InChI is InChI=1S/C9H13P/c1-3-8-6-4-5-7-9(8)10-2/h4-7,10H,3H2,1-2H3. The van der Waals surface area contributed by atoms with E-state index in [-0.39, 0.29) is 0 Å². The summed E-state index contributed by atoms with van der Waals surface area (Å²) >= 11 is 0. The molecule has 0 fully saturated rings. The summed E-state index contributed by atoms with van der Waals surface area (Å²) in [7, 11) is 0.936. The van der Waals surface area contributed by atoms with Crippen LogP contribution in [-0.4, -0.2) is 6.66 Å². The molecule has 1 aromatic rings. The fraction of sp³-hybridized carbons (Fsp3) is 0.333. The molecule has 54 valence electrons. The largest absolute Gasteiger partial charge is 0.0933 e. The first kappa shape index (κ1) is 7.75. The van der Waals surface area contributed by atoms with Crippen LogP contribution >= 0.6 is 8.58 Å². The van der Waals surface area contributed by atoms with E-state index in [1.54, 1.807) is 0 Å². The summed E-state index contributed by atoms with van der Waals surface area (Å²) in [6.45, 7) is 4.44. The molecule has 0 spiro atoms. The summed E-state index contributed by atoms with van der Waals surface area (Å²) < 4.78 is 0. The highest BCUT2D eigenvalue weighted by Crippen LogP contribution is 2.08. The lowest BCUT2D eigenvalue weighted by Crippen LogP contribution is -2.00. The second kappa shape index (κ2) is 3.73. The van der Waals surface area contributed by atoms with E-state index in [1.165, 1.54) is 10.9 Å². The highest BCUT2D eigenvalue weighted by Gasteiger charge is 1.93. The summed E-state index contributed by atoms with van der Waals surface area (Å²) in [6.07, 6.45) is 1.16. The molecule has 0 bridgehead atoms. The van der Waals surface area contributed by atoms with E-state index in [1.807, 2.05) is 0 Å². The van der Waals surface area contributed by atoms with Gasteiger partial charge in [0.05, 0.1) is 0 Å². The Bertz CT molecular complexity index is 183. The van der Waals surface area contributed by atoms with Gasteiger partial charge in [0.2, 0.25) is 0 Å². The lowest BCUT2D eigenvalue weighted by molar-refractivity contribution is 1.15. The van der Waals surface area contributed by atoms with Crippen molar-refractivity contribution in [2.75, 3.05) is 6.66 Å². The van der Waals surface area contributed by atoms with Crippen molar-refractivity contribution in [1.29, 1.82) is 0 Å². The zero-order valence-corrected chi connectivity index (χ0v) is 7.52. The van der Waals surface area contributed by atoms with Crippen LogP contribution in [0.4, 0.5) is 0 Å². The van der Waals surface area contributed by atoms with Crippen LogP contribution in [0.1, 0.15) is 12.5 Å². The first-order valence-corrected chi connectivity index (χ1v) is 5.14. The normalized spacial score (nSPS) is 11.0. The zero-order chi connectivity index (χ0) is 7.40. The number of hydrogen-bond donors (Lipinski definition) is 0. The van der Waals surface area contributed by atoms with E-state index >= 15 is 0 Å². The van der Waals surface area contributed by atoms with Crippen LogP contribution in [0, 0.1) is 0 Å². The van der Waals surface area contributed by atoms with Gasteiger partial charge < -0.3 is 0 Å². The molecule has 1 unspecified atom stereocenters. The van der Waals surface area contributed by atoms with E-state index in [0.29, 0.717) is 0 Å². The van der Waals surface area contributed by atoms with Gasteiger partial charge >= 0.3 is 0 Å². The summed E-state index contributed by atoms with van der Waals surface area (Å²) in [5.41, 5.74) is 1.50. The third-order valence-electron chi connectivity index (χ3n) is 1.67. The SMILES string of the molecule is CCc1ccccc1PC. The van der Waals surface area contributed by atoms with Gasteiger partial charge in [-0.1, -0.05) is 39.8 Å². The molecule has 0 nitrogen and oxygen atoms in total. The summed E-state index contributed by atoms with van der Waals surface area (Å²) in [6, 6.07) is 8.66. The quantitative estimate of drug-likeness (QED) is 0.570. The molecule has 1 rings (SSSR count). The maximum absolute atomic E-state index is 2.23. The molecule has 0 aliphatic rings. The average Bonchev–Trinajstić information content (AvgIpc) is 2.04. The summed E-state index contributed by atoms with van der Waals surface area (Å²) in [4.78, 5) is 0. The molecule has 0 saturated heterocycles. The minimum Gasteiger partial charge on any atom is -0.0933 e. The van der Waals surface area contributed by atoms with Crippen molar-refractivity contribution in [3.63, 3.8) is 0 Å². The van der Waals surface area contributed by atoms with Gasteiger partial charge in [-0.05, 0) is 24.0 Å². The minimum absolute atomic E-state index is 0.936. The molecule has 0 aliphatic carbocycles. The monoisotopic (exact) mass is 152 g/mol. The molecular formula is C9H13P. The van der Waals surface area contributed by atoms with Crippen LogP contribution in [0.25, 0.3) is 0 Å². The maximum Gasteiger partial charge on any atom is -0.0242 e. The van der Waals surface area contributed by atoms with Crippen molar-refractivity contribution in [2.45, 2.75) is 13.3 Å². The van der Waals surface area contributed by atoms with Gasteiger partial charge in [-0.2, -0.15) is 0 Å². The van der Waals surface area contributed by atoms with Crippen LogP contribution in [0.3, 0.4) is 0 Å². The molecule has 1 aromatic carbocycles. The Labute approximate surface area is 64.4 Å². The van der Waals surface area contributed by atoms with E-state index in [2.05, 4.69) is 37.9 Å². The van der Waals surface area contributed by atoms with E-state index in [4.69, 9.17) is 0 Å². The Morgan fingerprint density at radius 1 is 1.30 bits per heavy atom. The smallest absolute Gasteiger partial charge is 0.0242 e. The van der Waals surface area contributed by atoms with Crippen molar-refractivity contribution < 1.29 is 0 Å². The lowest BCUT2D eigenvalue weighted by atomic mass is 10.2. The molecular weight excluding hydrogens is 139 g/mol. The van der Waals surface area contributed by atoms with Crippen molar-refractivity contribution in [3.05, 3.63) is 29.8 Å². The molecule has 0 saturated carbocycles. The summed E-state index contributed by atoms with van der Waals surface area (Å²) in [5.74, 6) is 0. The Balaban J connectivity index is 2.96. The molecule has 0 heterocycles. The van der Waals surface area contributed by atoms with Gasteiger partial charge in [0, 0.05) is 0 Å². The van der Waals surface area contributed by atoms with Gasteiger partial charge in [0.25, 0.3) is 0 Å². The van der Waals surface area contributed by atoms with Gasteiger partial charge in [-0.25, -0.2) is 0 Å². The average molecular weight is 152 g/mol. The van der Waals surface area contributed by atoms with Crippen LogP contribution in [0.15, 0.2) is 24.3 Å². The molecule has 1 heteroatoms. The predicted molar refractivity (Wildman–Crippen MR) is 49.7 cm³/mol. The van der Waals surface area contributed by atoms with E-state index in [0.717, 1.165) is 15.0 Å². The van der Waals surface area contributed by atoms with Crippen LogP contribution < -0.4 is 5.30 Å². The van der Waals surface area contributed by atoms with E-state index < -0.39 is 0 Å².